The van der Waals surface area contributed by atoms with Crippen molar-refractivity contribution in [2.75, 3.05) is 7.05 Å². The van der Waals surface area contributed by atoms with Gasteiger partial charge in [0.2, 0.25) is 0 Å². The van der Waals surface area contributed by atoms with Gasteiger partial charge < -0.3 is 5.32 Å². The molecule has 0 amide bonds. The van der Waals surface area contributed by atoms with Gasteiger partial charge in [0.25, 0.3) is 0 Å². The average Bonchev–Trinajstić information content (AvgIpc) is 3.00. The lowest BCUT2D eigenvalue weighted by Crippen LogP contribution is -2.18. The summed E-state index contributed by atoms with van der Waals surface area (Å²) in [5, 5.41) is 4.71. The zero-order valence-corrected chi connectivity index (χ0v) is 13.3. The first kappa shape index (κ1) is 14.2. The maximum atomic E-state index is 4.46. The monoisotopic (exact) mass is 296 g/mol. The highest BCUT2D eigenvalue weighted by Gasteiger charge is 2.14. The number of rotatable bonds is 5. The van der Waals surface area contributed by atoms with Crippen molar-refractivity contribution in [1.82, 2.24) is 10.3 Å². The topological polar surface area (TPSA) is 24.9 Å². The first-order valence-electron chi connectivity index (χ1n) is 7.40. The summed E-state index contributed by atoms with van der Waals surface area (Å²) in [7, 11) is 2.04. The fourth-order valence-electron chi connectivity index (χ4n) is 2.72. The number of nitrogens with zero attached hydrogens (tertiary/aromatic N) is 1. The molecular weight excluding hydrogens is 276 g/mol. The van der Waals surface area contributed by atoms with Crippen LogP contribution in [0.15, 0.2) is 48.7 Å². The van der Waals surface area contributed by atoms with Crippen molar-refractivity contribution in [2.45, 2.75) is 25.8 Å². The largest absolute Gasteiger partial charge is 0.313 e. The minimum absolute atomic E-state index is 0.321. The van der Waals surface area contributed by atoms with E-state index in [9.17, 15) is 0 Å². The van der Waals surface area contributed by atoms with Gasteiger partial charge in [-0.15, -0.1) is 11.3 Å². The van der Waals surface area contributed by atoms with E-state index in [0.29, 0.717) is 6.04 Å². The number of likely N-dealkylation sites (N-methyl/N-ethyl adjacent to an activating group) is 1. The van der Waals surface area contributed by atoms with Gasteiger partial charge in [-0.25, -0.2) is 0 Å². The summed E-state index contributed by atoms with van der Waals surface area (Å²) in [6.07, 6.45) is 4.00. The fourth-order valence-corrected chi connectivity index (χ4v) is 3.73. The maximum absolute atomic E-state index is 4.46. The lowest BCUT2D eigenvalue weighted by Gasteiger charge is -2.18. The first-order chi connectivity index (χ1) is 10.3. The smallest absolute Gasteiger partial charge is 0.0705 e. The molecule has 0 aliphatic carbocycles. The number of thiophene rings is 1. The lowest BCUT2D eigenvalue weighted by atomic mass is 9.98. The van der Waals surface area contributed by atoms with E-state index in [0.717, 1.165) is 18.4 Å². The number of pyridine rings is 1. The Bertz CT molecular complexity index is 727. The van der Waals surface area contributed by atoms with Crippen LogP contribution in [0.4, 0.5) is 0 Å². The SMILES string of the molecule is CCc1ccc(CC(NC)c2cccc3ncccc23)s1. The highest BCUT2D eigenvalue weighted by Crippen LogP contribution is 2.28. The molecule has 0 aliphatic rings. The van der Waals surface area contributed by atoms with Gasteiger partial charge in [0.15, 0.2) is 0 Å². The minimum atomic E-state index is 0.321. The number of nitrogens with one attached hydrogen (secondary N) is 1. The molecule has 1 aromatic carbocycles. The van der Waals surface area contributed by atoms with E-state index >= 15 is 0 Å². The van der Waals surface area contributed by atoms with Gasteiger partial charge in [0, 0.05) is 33.8 Å². The molecule has 21 heavy (non-hydrogen) atoms. The predicted molar refractivity (Wildman–Crippen MR) is 90.9 cm³/mol. The molecule has 0 aliphatic heterocycles. The van der Waals surface area contributed by atoms with E-state index in [1.54, 1.807) is 0 Å². The molecule has 0 saturated carbocycles. The van der Waals surface area contributed by atoms with Crippen LogP contribution in [0.1, 0.15) is 28.3 Å². The molecule has 3 rings (SSSR count). The highest BCUT2D eigenvalue weighted by molar-refractivity contribution is 7.11. The highest BCUT2D eigenvalue weighted by atomic mass is 32.1. The van der Waals surface area contributed by atoms with E-state index < -0.39 is 0 Å². The Morgan fingerprint density at radius 1 is 1.10 bits per heavy atom. The van der Waals surface area contributed by atoms with E-state index in [2.05, 4.69) is 53.6 Å². The van der Waals surface area contributed by atoms with Crippen LogP contribution >= 0.6 is 11.3 Å². The number of aryl methyl sites for hydroxylation is 1. The number of aromatic nitrogens is 1. The standard InChI is InChI=1S/C18H20N2S/c1-3-13-9-10-14(21-13)12-18(19-2)16-6-4-8-17-15(16)7-5-11-20-17/h4-11,18-19H,3,12H2,1-2H3. The van der Waals surface area contributed by atoms with Crippen molar-refractivity contribution in [3.63, 3.8) is 0 Å². The summed E-state index contributed by atoms with van der Waals surface area (Å²) in [4.78, 5) is 7.35. The van der Waals surface area contributed by atoms with Crippen LogP contribution in [0.3, 0.4) is 0 Å². The summed E-state index contributed by atoms with van der Waals surface area (Å²) in [5.74, 6) is 0. The number of hydrogen-bond donors (Lipinski definition) is 1. The quantitative estimate of drug-likeness (QED) is 0.756. The summed E-state index contributed by atoms with van der Waals surface area (Å²) in [6, 6.07) is 15.4. The van der Waals surface area contributed by atoms with Crippen molar-refractivity contribution in [3.8, 4) is 0 Å². The second kappa shape index (κ2) is 6.37. The molecule has 3 aromatic rings. The minimum Gasteiger partial charge on any atom is -0.313 e. The summed E-state index contributed by atoms with van der Waals surface area (Å²) < 4.78 is 0. The van der Waals surface area contributed by atoms with Crippen LogP contribution in [-0.4, -0.2) is 12.0 Å². The molecule has 1 N–H and O–H groups in total. The second-order valence-electron chi connectivity index (χ2n) is 5.18. The summed E-state index contributed by atoms with van der Waals surface area (Å²) in [5.41, 5.74) is 2.39. The first-order valence-corrected chi connectivity index (χ1v) is 8.22. The van der Waals surface area contributed by atoms with E-state index in [1.165, 1.54) is 20.7 Å². The summed E-state index contributed by atoms with van der Waals surface area (Å²) >= 11 is 1.92. The van der Waals surface area contributed by atoms with Crippen molar-refractivity contribution >= 4 is 22.2 Å². The maximum Gasteiger partial charge on any atom is 0.0705 e. The Morgan fingerprint density at radius 3 is 2.71 bits per heavy atom. The van der Waals surface area contributed by atoms with Crippen LogP contribution in [0.25, 0.3) is 10.9 Å². The van der Waals surface area contributed by atoms with Gasteiger partial charge >= 0.3 is 0 Å². The van der Waals surface area contributed by atoms with Gasteiger partial charge in [-0.3, -0.25) is 4.98 Å². The Labute approximate surface area is 129 Å². The van der Waals surface area contributed by atoms with Crippen molar-refractivity contribution in [1.29, 1.82) is 0 Å². The Balaban J connectivity index is 1.94. The van der Waals surface area contributed by atoms with Gasteiger partial charge in [-0.1, -0.05) is 25.1 Å². The number of fused-ring (bicyclic) bond motifs is 1. The third-order valence-electron chi connectivity index (χ3n) is 3.87. The van der Waals surface area contributed by atoms with Gasteiger partial charge in [0.1, 0.15) is 0 Å². The van der Waals surface area contributed by atoms with E-state index in [-0.39, 0.29) is 0 Å². The van der Waals surface area contributed by atoms with E-state index in [4.69, 9.17) is 0 Å². The molecule has 1 atom stereocenters. The van der Waals surface area contributed by atoms with Crippen LogP contribution in [0, 0.1) is 0 Å². The molecule has 0 radical (unpaired) electrons. The molecule has 2 heterocycles. The zero-order valence-electron chi connectivity index (χ0n) is 12.5. The molecule has 0 fully saturated rings. The third-order valence-corrected chi connectivity index (χ3v) is 5.13. The van der Waals surface area contributed by atoms with Crippen molar-refractivity contribution < 1.29 is 0 Å². The molecule has 1 unspecified atom stereocenters. The average molecular weight is 296 g/mol. The Kier molecular flexibility index (Phi) is 4.32. The number of benzene rings is 1. The van der Waals surface area contributed by atoms with Gasteiger partial charge in [-0.2, -0.15) is 0 Å². The van der Waals surface area contributed by atoms with Crippen LogP contribution in [0.5, 0.6) is 0 Å². The Morgan fingerprint density at radius 2 is 1.95 bits per heavy atom. The Hall–Kier alpha value is -1.71. The van der Waals surface area contributed by atoms with Crippen LogP contribution in [0.2, 0.25) is 0 Å². The van der Waals surface area contributed by atoms with Crippen LogP contribution < -0.4 is 5.32 Å². The molecular formula is C18H20N2S. The van der Waals surface area contributed by atoms with Crippen molar-refractivity contribution in [2.24, 2.45) is 0 Å². The number of hydrogen-bond acceptors (Lipinski definition) is 3. The molecule has 108 valence electrons. The molecule has 0 bridgehead atoms. The third kappa shape index (κ3) is 2.99. The second-order valence-corrected chi connectivity index (χ2v) is 6.44. The predicted octanol–water partition coefficient (Wildman–Crippen LogP) is 4.36. The van der Waals surface area contributed by atoms with Gasteiger partial charge in [0.05, 0.1) is 5.52 Å². The molecule has 0 spiro atoms. The molecule has 2 aromatic heterocycles. The van der Waals surface area contributed by atoms with E-state index in [1.807, 2.05) is 30.6 Å². The molecule has 2 nitrogen and oxygen atoms in total. The van der Waals surface area contributed by atoms with Crippen LogP contribution in [-0.2, 0) is 12.8 Å². The summed E-state index contributed by atoms with van der Waals surface area (Å²) in [6.45, 7) is 2.21. The fraction of sp³-hybridized carbons (Fsp3) is 0.278. The van der Waals surface area contributed by atoms with Gasteiger partial charge in [-0.05, 0) is 43.3 Å². The lowest BCUT2D eigenvalue weighted by molar-refractivity contribution is 0.601. The normalized spacial score (nSPS) is 12.7. The molecule has 3 heteroatoms. The zero-order chi connectivity index (χ0) is 14.7. The molecule has 0 saturated heterocycles. The van der Waals surface area contributed by atoms with Crippen molar-refractivity contribution in [3.05, 3.63) is 64.0 Å².